The molecule has 28 heavy (non-hydrogen) atoms. The van der Waals surface area contributed by atoms with Crippen molar-refractivity contribution in [3.63, 3.8) is 0 Å². The van der Waals surface area contributed by atoms with E-state index in [2.05, 4.69) is 20.4 Å². The number of hydrogen-bond acceptors (Lipinski definition) is 4. The molecule has 0 atom stereocenters. The number of benzene rings is 1. The third kappa shape index (κ3) is 3.80. The summed E-state index contributed by atoms with van der Waals surface area (Å²) in [5.41, 5.74) is 1.71. The van der Waals surface area contributed by atoms with Gasteiger partial charge < -0.3 is 5.32 Å². The van der Waals surface area contributed by atoms with Gasteiger partial charge in [0.2, 0.25) is 0 Å². The van der Waals surface area contributed by atoms with Crippen LogP contribution in [0.3, 0.4) is 0 Å². The van der Waals surface area contributed by atoms with E-state index in [0.717, 1.165) is 24.2 Å². The molecule has 0 radical (unpaired) electrons. The molecule has 1 aromatic carbocycles. The van der Waals surface area contributed by atoms with Gasteiger partial charge in [-0.2, -0.15) is 13.2 Å². The summed E-state index contributed by atoms with van der Waals surface area (Å²) in [5.74, 6) is 0.606. The number of alkyl halides is 3. The van der Waals surface area contributed by atoms with Crippen LogP contribution in [0.4, 0.5) is 19.0 Å². The Morgan fingerprint density at radius 3 is 2.64 bits per heavy atom. The second-order valence-corrected chi connectivity index (χ2v) is 6.21. The molecular formula is C20H16F3N5. The van der Waals surface area contributed by atoms with E-state index in [4.69, 9.17) is 0 Å². The number of anilines is 1. The molecule has 4 aromatic rings. The maximum atomic E-state index is 13.0. The lowest BCUT2D eigenvalue weighted by Crippen LogP contribution is -2.09. The van der Waals surface area contributed by atoms with Gasteiger partial charge in [-0.3, -0.25) is 4.98 Å². The van der Waals surface area contributed by atoms with E-state index in [1.165, 1.54) is 12.3 Å². The molecule has 0 unspecified atom stereocenters. The Bertz CT molecular complexity index is 1090. The normalized spacial score (nSPS) is 11.7. The second-order valence-electron chi connectivity index (χ2n) is 6.21. The number of rotatable bonds is 5. The number of aromatic nitrogens is 4. The van der Waals surface area contributed by atoms with Crippen LogP contribution in [0, 0.1) is 0 Å². The van der Waals surface area contributed by atoms with E-state index in [9.17, 15) is 13.2 Å². The highest BCUT2D eigenvalue weighted by Gasteiger charge is 2.30. The predicted octanol–water partition coefficient (Wildman–Crippen LogP) is 4.46. The first-order valence-corrected chi connectivity index (χ1v) is 8.67. The Morgan fingerprint density at radius 2 is 1.86 bits per heavy atom. The Balaban J connectivity index is 1.58. The summed E-state index contributed by atoms with van der Waals surface area (Å²) in [5, 5.41) is 7.69. The first-order valence-electron chi connectivity index (χ1n) is 8.67. The Labute approximate surface area is 158 Å². The Hall–Kier alpha value is -3.42. The topological polar surface area (TPSA) is 55.1 Å². The SMILES string of the molecule is FC(F)(F)c1cccc(-c2cnc3ccc(NCCc4ccccn4)nn23)c1. The van der Waals surface area contributed by atoms with Gasteiger partial charge in [-0.25, -0.2) is 9.50 Å². The summed E-state index contributed by atoms with van der Waals surface area (Å²) in [6, 6.07) is 14.4. The van der Waals surface area contributed by atoms with Crippen LogP contribution in [-0.4, -0.2) is 26.1 Å². The van der Waals surface area contributed by atoms with Crippen LogP contribution in [0.5, 0.6) is 0 Å². The Morgan fingerprint density at radius 1 is 0.964 bits per heavy atom. The van der Waals surface area contributed by atoms with Gasteiger partial charge in [-0.1, -0.05) is 18.2 Å². The second kappa shape index (κ2) is 7.30. The molecule has 0 saturated heterocycles. The molecule has 0 fully saturated rings. The van der Waals surface area contributed by atoms with Crippen molar-refractivity contribution in [3.8, 4) is 11.3 Å². The fourth-order valence-corrected chi connectivity index (χ4v) is 2.88. The summed E-state index contributed by atoms with van der Waals surface area (Å²) in [4.78, 5) is 8.50. The summed E-state index contributed by atoms with van der Waals surface area (Å²) < 4.78 is 40.6. The number of imidazole rings is 1. The van der Waals surface area contributed by atoms with Crippen LogP contribution in [0.25, 0.3) is 16.9 Å². The first-order chi connectivity index (χ1) is 13.5. The number of fused-ring (bicyclic) bond motifs is 1. The quantitative estimate of drug-likeness (QED) is 0.553. The molecule has 3 heterocycles. The fourth-order valence-electron chi connectivity index (χ4n) is 2.88. The van der Waals surface area contributed by atoms with E-state index in [1.807, 2.05) is 18.2 Å². The number of pyridine rings is 1. The van der Waals surface area contributed by atoms with E-state index in [0.29, 0.717) is 29.3 Å². The molecule has 0 aliphatic heterocycles. The Kier molecular flexibility index (Phi) is 4.68. The fraction of sp³-hybridized carbons (Fsp3) is 0.150. The summed E-state index contributed by atoms with van der Waals surface area (Å²) in [6.45, 7) is 0.628. The van der Waals surface area contributed by atoms with Gasteiger partial charge in [0, 0.05) is 30.4 Å². The monoisotopic (exact) mass is 383 g/mol. The summed E-state index contributed by atoms with van der Waals surface area (Å²) >= 11 is 0. The minimum Gasteiger partial charge on any atom is -0.368 e. The van der Waals surface area contributed by atoms with Crippen LogP contribution in [-0.2, 0) is 12.6 Å². The van der Waals surface area contributed by atoms with Gasteiger partial charge in [-0.15, -0.1) is 5.10 Å². The molecule has 0 saturated carbocycles. The van der Waals surface area contributed by atoms with E-state index < -0.39 is 11.7 Å². The highest BCUT2D eigenvalue weighted by atomic mass is 19.4. The zero-order chi connectivity index (χ0) is 19.6. The van der Waals surface area contributed by atoms with Crippen LogP contribution in [0.1, 0.15) is 11.3 Å². The van der Waals surface area contributed by atoms with Gasteiger partial charge in [0.15, 0.2) is 5.65 Å². The molecule has 8 heteroatoms. The van der Waals surface area contributed by atoms with Gasteiger partial charge >= 0.3 is 6.18 Å². The van der Waals surface area contributed by atoms with E-state index in [-0.39, 0.29) is 0 Å². The smallest absolute Gasteiger partial charge is 0.368 e. The summed E-state index contributed by atoms with van der Waals surface area (Å²) in [7, 11) is 0. The third-order valence-corrected chi connectivity index (χ3v) is 4.26. The molecule has 0 spiro atoms. The van der Waals surface area contributed by atoms with Crippen molar-refractivity contribution >= 4 is 11.5 Å². The largest absolute Gasteiger partial charge is 0.416 e. The average molecular weight is 383 g/mol. The van der Waals surface area contributed by atoms with Crippen molar-refractivity contribution in [1.82, 2.24) is 19.6 Å². The highest BCUT2D eigenvalue weighted by Crippen LogP contribution is 2.32. The molecule has 1 N–H and O–H groups in total. The first kappa shape index (κ1) is 18.0. The van der Waals surface area contributed by atoms with Crippen molar-refractivity contribution in [2.45, 2.75) is 12.6 Å². The lowest BCUT2D eigenvalue weighted by Gasteiger charge is -2.09. The maximum Gasteiger partial charge on any atom is 0.416 e. The highest BCUT2D eigenvalue weighted by molar-refractivity contribution is 5.64. The van der Waals surface area contributed by atoms with Crippen molar-refractivity contribution in [1.29, 1.82) is 0 Å². The molecule has 142 valence electrons. The number of halogens is 3. The molecule has 0 bridgehead atoms. The molecule has 0 amide bonds. The third-order valence-electron chi connectivity index (χ3n) is 4.26. The molecular weight excluding hydrogens is 367 g/mol. The molecule has 0 aliphatic rings. The molecule has 4 rings (SSSR count). The predicted molar refractivity (Wildman–Crippen MR) is 99.9 cm³/mol. The van der Waals surface area contributed by atoms with Crippen LogP contribution in [0.15, 0.2) is 67.0 Å². The zero-order valence-corrected chi connectivity index (χ0v) is 14.7. The van der Waals surface area contributed by atoms with Crippen LogP contribution >= 0.6 is 0 Å². The van der Waals surface area contributed by atoms with Crippen LogP contribution in [0.2, 0.25) is 0 Å². The zero-order valence-electron chi connectivity index (χ0n) is 14.7. The van der Waals surface area contributed by atoms with Crippen molar-refractivity contribution in [2.24, 2.45) is 0 Å². The lowest BCUT2D eigenvalue weighted by atomic mass is 10.1. The minimum atomic E-state index is -4.40. The maximum absolute atomic E-state index is 13.0. The number of hydrogen-bond donors (Lipinski definition) is 1. The van der Waals surface area contributed by atoms with E-state index in [1.54, 1.807) is 28.9 Å². The van der Waals surface area contributed by atoms with Gasteiger partial charge in [0.25, 0.3) is 0 Å². The van der Waals surface area contributed by atoms with Gasteiger partial charge in [0.1, 0.15) is 5.82 Å². The molecule has 3 aromatic heterocycles. The number of nitrogens with zero attached hydrogens (tertiary/aromatic N) is 4. The van der Waals surface area contributed by atoms with Crippen molar-refractivity contribution in [3.05, 3.63) is 78.2 Å². The van der Waals surface area contributed by atoms with Crippen molar-refractivity contribution in [2.75, 3.05) is 11.9 Å². The molecule has 5 nitrogen and oxygen atoms in total. The van der Waals surface area contributed by atoms with Crippen LogP contribution < -0.4 is 5.32 Å². The summed E-state index contributed by atoms with van der Waals surface area (Å²) in [6.07, 6.45) is -0.408. The number of nitrogens with one attached hydrogen (secondary N) is 1. The molecule has 0 aliphatic carbocycles. The lowest BCUT2D eigenvalue weighted by molar-refractivity contribution is -0.137. The van der Waals surface area contributed by atoms with Gasteiger partial charge in [0.05, 0.1) is 17.5 Å². The minimum absolute atomic E-state index is 0.403. The average Bonchev–Trinajstić information content (AvgIpc) is 3.12. The van der Waals surface area contributed by atoms with E-state index >= 15 is 0 Å². The van der Waals surface area contributed by atoms with Crippen molar-refractivity contribution < 1.29 is 13.2 Å². The van der Waals surface area contributed by atoms with Gasteiger partial charge in [-0.05, 0) is 36.4 Å². The standard InChI is InChI=1S/C20H16F3N5/c21-20(22,23)15-5-3-4-14(12-15)17-13-26-19-8-7-18(27-28(17)19)25-11-9-16-6-1-2-10-24-16/h1-8,10,12-13H,9,11H2,(H,25,27).